The van der Waals surface area contributed by atoms with E-state index < -0.39 is 0 Å². The summed E-state index contributed by atoms with van der Waals surface area (Å²) < 4.78 is 1.74. The van der Waals surface area contributed by atoms with Gasteiger partial charge in [-0.05, 0) is 30.3 Å². The lowest BCUT2D eigenvalue weighted by Crippen LogP contribution is -2.23. The number of carbonyl (C=O) groups is 2. The molecule has 0 aliphatic carbocycles. The van der Waals surface area contributed by atoms with Crippen LogP contribution in [0.3, 0.4) is 0 Å². The first kappa shape index (κ1) is 18.1. The van der Waals surface area contributed by atoms with Gasteiger partial charge in [0.2, 0.25) is 5.91 Å². The van der Waals surface area contributed by atoms with Crippen LogP contribution in [-0.2, 0) is 4.79 Å². The van der Waals surface area contributed by atoms with E-state index in [-0.39, 0.29) is 11.8 Å². The molecule has 6 nitrogen and oxygen atoms in total. The van der Waals surface area contributed by atoms with E-state index in [4.69, 9.17) is 0 Å². The number of para-hydroxylation sites is 2. The van der Waals surface area contributed by atoms with Crippen LogP contribution in [-0.4, -0.2) is 40.6 Å². The van der Waals surface area contributed by atoms with E-state index >= 15 is 0 Å². The van der Waals surface area contributed by atoms with Crippen LogP contribution in [0, 0.1) is 0 Å². The van der Waals surface area contributed by atoms with Gasteiger partial charge in [0.1, 0.15) is 0 Å². The highest BCUT2D eigenvalue weighted by molar-refractivity contribution is 6.07. The van der Waals surface area contributed by atoms with Crippen molar-refractivity contribution in [3.8, 4) is 5.69 Å². The lowest BCUT2D eigenvalue weighted by Gasteiger charge is -2.14. The number of hydrogen-bond acceptors (Lipinski definition) is 3. The molecule has 0 spiro atoms. The molecule has 0 fully saturated rings. The van der Waals surface area contributed by atoms with Gasteiger partial charge in [0.15, 0.2) is 0 Å². The molecule has 2 amide bonds. The highest BCUT2D eigenvalue weighted by Crippen LogP contribution is 2.17. The topological polar surface area (TPSA) is 67.2 Å². The van der Waals surface area contributed by atoms with E-state index in [2.05, 4.69) is 10.4 Å². The summed E-state index contributed by atoms with van der Waals surface area (Å²) in [4.78, 5) is 25.9. The van der Waals surface area contributed by atoms with Crippen molar-refractivity contribution in [2.45, 2.75) is 0 Å². The Bertz CT molecular complexity index is 975. The fourth-order valence-corrected chi connectivity index (χ4v) is 2.51. The lowest BCUT2D eigenvalue weighted by molar-refractivity contribution is -0.111. The van der Waals surface area contributed by atoms with Crippen molar-refractivity contribution < 1.29 is 9.59 Å². The Balaban J connectivity index is 1.70. The molecule has 0 saturated heterocycles. The Hall–Kier alpha value is -3.67. The van der Waals surface area contributed by atoms with Crippen molar-refractivity contribution in [2.75, 3.05) is 19.4 Å². The Morgan fingerprint density at radius 3 is 2.48 bits per heavy atom. The smallest absolute Gasteiger partial charge is 0.255 e. The standard InChI is InChI=1S/C21H20N4O2/c1-24(2)21(27)18-10-6-7-11-19(18)23-20(26)13-12-16-14-22-25(15-16)17-8-4-3-5-9-17/h3-15H,1-2H3,(H,23,26)/b13-12+. The van der Waals surface area contributed by atoms with Crippen molar-refractivity contribution in [2.24, 2.45) is 0 Å². The minimum Gasteiger partial charge on any atom is -0.345 e. The highest BCUT2D eigenvalue weighted by atomic mass is 16.2. The third-order valence-electron chi connectivity index (χ3n) is 3.87. The van der Waals surface area contributed by atoms with E-state index in [0.29, 0.717) is 11.3 Å². The van der Waals surface area contributed by atoms with Crippen molar-refractivity contribution in [3.63, 3.8) is 0 Å². The van der Waals surface area contributed by atoms with Gasteiger partial charge in [-0.2, -0.15) is 5.10 Å². The monoisotopic (exact) mass is 360 g/mol. The van der Waals surface area contributed by atoms with Gasteiger partial charge in [0.05, 0.1) is 23.1 Å². The zero-order valence-corrected chi connectivity index (χ0v) is 15.2. The maximum Gasteiger partial charge on any atom is 0.255 e. The first-order chi connectivity index (χ1) is 13.0. The van der Waals surface area contributed by atoms with Gasteiger partial charge in [-0.3, -0.25) is 9.59 Å². The Labute approximate surface area is 157 Å². The van der Waals surface area contributed by atoms with Crippen LogP contribution in [0.1, 0.15) is 15.9 Å². The van der Waals surface area contributed by atoms with Crippen LogP contribution in [0.15, 0.2) is 73.1 Å². The molecule has 0 saturated carbocycles. The molecule has 3 aromatic rings. The number of anilines is 1. The first-order valence-electron chi connectivity index (χ1n) is 8.44. The van der Waals surface area contributed by atoms with E-state index in [1.54, 1.807) is 55.3 Å². The summed E-state index contributed by atoms with van der Waals surface area (Å²) >= 11 is 0. The second-order valence-electron chi connectivity index (χ2n) is 6.12. The molecule has 6 heteroatoms. The van der Waals surface area contributed by atoms with Crippen LogP contribution in [0.5, 0.6) is 0 Å². The van der Waals surface area contributed by atoms with Crippen molar-refractivity contribution in [1.29, 1.82) is 0 Å². The molecule has 27 heavy (non-hydrogen) atoms. The minimum atomic E-state index is -0.318. The molecule has 0 radical (unpaired) electrons. The Morgan fingerprint density at radius 1 is 1.04 bits per heavy atom. The second-order valence-corrected chi connectivity index (χ2v) is 6.12. The fraction of sp³-hybridized carbons (Fsp3) is 0.0952. The summed E-state index contributed by atoms with van der Waals surface area (Å²) in [5.41, 5.74) is 2.66. The maximum atomic E-state index is 12.3. The third kappa shape index (κ3) is 4.49. The molecular weight excluding hydrogens is 340 g/mol. The number of benzene rings is 2. The SMILES string of the molecule is CN(C)C(=O)c1ccccc1NC(=O)/C=C/c1cnn(-c2ccccc2)c1. The fourth-order valence-electron chi connectivity index (χ4n) is 2.51. The van der Waals surface area contributed by atoms with Crippen molar-refractivity contribution in [3.05, 3.63) is 84.2 Å². The van der Waals surface area contributed by atoms with Crippen LogP contribution in [0.4, 0.5) is 5.69 Å². The van der Waals surface area contributed by atoms with Crippen LogP contribution < -0.4 is 5.32 Å². The first-order valence-corrected chi connectivity index (χ1v) is 8.44. The Morgan fingerprint density at radius 2 is 1.74 bits per heavy atom. The quantitative estimate of drug-likeness (QED) is 0.711. The molecule has 0 unspecified atom stereocenters. The van der Waals surface area contributed by atoms with Gasteiger partial charge in [0, 0.05) is 31.9 Å². The molecule has 1 aromatic heterocycles. The van der Waals surface area contributed by atoms with Gasteiger partial charge in [-0.1, -0.05) is 30.3 Å². The molecule has 2 aromatic carbocycles. The average Bonchev–Trinajstić information content (AvgIpc) is 3.16. The van der Waals surface area contributed by atoms with E-state index in [0.717, 1.165) is 11.3 Å². The largest absolute Gasteiger partial charge is 0.345 e. The average molecular weight is 360 g/mol. The number of amides is 2. The molecular formula is C21H20N4O2. The van der Waals surface area contributed by atoms with Crippen LogP contribution in [0.2, 0.25) is 0 Å². The molecule has 0 atom stereocenters. The second kappa shape index (κ2) is 8.14. The number of rotatable bonds is 5. The van der Waals surface area contributed by atoms with Crippen molar-refractivity contribution in [1.82, 2.24) is 14.7 Å². The summed E-state index contributed by atoms with van der Waals surface area (Å²) in [5.74, 6) is -0.486. The number of nitrogens with one attached hydrogen (secondary N) is 1. The number of carbonyl (C=O) groups excluding carboxylic acids is 2. The normalized spacial score (nSPS) is 10.7. The minimum absolute atomic E-state index is 0.168. The van der Waals surface area contributed by atoms with Crippen LogP contribution in [0.25, 0.3) is 11.8 Å². The van der Waals surface area contributed by atoms with Gasteiger partial charge in [-0.15, -0.1) is 0 Å². The summed E-state index contributed by atoms with van der Waals surface area (Å²) in [6.45, 7) is 0. The van der Waals surface area contributed by atoms with Gasteiger partial charge in [0.25, 0.3) is 5.91 Å². The van der Waals surface area contributed by atoms with Gasteiger partial charge in [-0.25, -0.2) is 4.68 Å². The van der Waals surface area contributed by atoms with Crippen molar-refractivity contribution >= 4 is 23.6 Å². The highest BCUT2D eigenvalue weighted by Gasteiger charge is 2.13. The predicted molar refractivity (Wildman–Crippen MR) is 106 cm³/mol. The van der Waals surface area contributed by atoms with Gasteiger partial charge < -0.3 is 10.2 Å². The summed E-state index contributed by atoms with van der Waals surface area (Å²) in [6, 6.07) is 16.6. The predicted octanol–water partition coefficient (Wildman–Crippen LogP) is 3.23. The summed E-state index contributed by atoms with van der Waals surface area (Å²) in [6.07, 6.45) is 6.62. The zero-order chi connectivity index (χ0) is 19.2. The lowest BCUT2D eigenvalue weighted by atomic mass is 10.1. The van der Waals surface area contributed by atoms with E-state index in [9.17, 15) is 9.59 Å². The molecule has 1 heterocycles. The Kier molecular flexibility index (Phi) is 5.47. The molecule has 0 bridgehead atoms. The molecule has 0 aliphatic heterocycles. The zero-order valence-electron chi connectivity index (χ0n) is 15.2. The molecule has 0 aliphatic rings. The summed E-state index contributed by atoms with van der Waals surface area (Å²) in [7, 11) is 3.34. The third-order valence-corrected chi connectivity index (χ3v) is 3.87. The van der Waals surface area contributed by atoms with Gasteiger partial charge >= 0.3 is 0 Å². The van der Waals surface area contributed by atoms with E-state index in [1.165, 1.54) is 11.0 Å². The molecule has 3 rings (SSSR count). The van der Waals surface area contributed by atoms with Crippen LogP contribution >= 0.6 is 0 Å². The summed E-state index contributed by atoms with van der Waals surface area (Å²) in [5, 5.41) is 7.04. The number of hydrogen-bond donors (Lipinski definition) is 1. The molecule has 136 valence electrons. The number of aromatic nitrogens is 2. The number of nitrogens with zero attached hydrogens (tertiary/aromatic N) is 3. The maximum absolute atomic E-state index is 12.3. The van der Waals surface area contributed by atoms with E-state index in [1.807, 2.05) is 36.5 Å². The molecule has 1 N–H and O–H groups in total.